The Morgan fingerprint density at radius 1 is 0.694 bits per heavy atom. The molecule has 6 atom stereocenters. The largest absolute Gasteiger partial charge is 0.388 e. The Bertz CT molecular complexity index is 1060. The Labute approximate surface area is 211 Å². The van der Waals surface area contributed by atoms with E-state index >= 15 is 0 Å². The first-order chi connectivity index (χ1) is 17.7. The highest BCUT2D eigenvalue weighted by Crippen LogP contribution is 2.42. The fourth-order valence-corrected chi connectivity index (χ4v) is 4.87. The molecule has 0 aliphatic carbocycles. The lowest BCUT2D eigenvalue weighted by Crippen LogP contribution is -2.62. The van der Waals surface area contributed by atoms with Crippen molar-refractivity contribution in [2.75, 3.05) is 13.2 Å². The molecule has 0 amide bonds. The van der Waals surface area contributed by atoms with Gasteiger partial charge in [0.15, 0.2) is 11.9 Å². The number of aliphatic hydroxyl groups excluding tert-OH is 2. The van der Waals surface area contributed by atoms with Gasteiger partial charge in [-0.25, -0.2) is 0 Å². The van der Waals surface area contributed by atoms with E-state index in [1.165, 1.54) is 0 Å². The third-order valence-electron chi connectivity index (χ3n) is 6.65. The van der Waals surface area contributed by atoms with E-state index in [4.69, 9.17) is 23.7 Å². The van der Waals surface area contributed by atoms with Gasteiger partial charge in [-0.3, -0.25) is 0 Å². The third-order valence-corrected chi connectivity index (χ3v) is 6.65. The predicted octanol–water partition coefficient (Wildman–Crippen LogP) is 3.22. The van der Waals surface area contributed by atoms with Crippen LogP contribution in [-0.4, -0.2) is 59.7 Å². The maximum Gasteiger partial charge on any atom is 0.187 e. The van der Waals surface area contributed by atoms with Gasteiger partial charge in [-0.2, -0.15) is 0 Å². The quantitative estimate of drug-likeness (QED) is 0.449. The number of ether oxygens (including phenoxy) is 5. The van der Waals surface area contributed by atoms with E-state index in [2.05, 4.69) is 0 Å². The molecule has 5 rings (SSSR count). The lowest BCUT2D eigenvalue weighted by atomic mass is 9.85. The summed E-state index contributed by atoms with van der Waals surface area (Å²) in [7, 11) is 0. The predicted molar refractivity (Wildman–Crippen MR) is 132 cm³/mol. The van der Waals surface area contributed by atoms with Gasteiger partial charge in [0.2, 0.25) is 0 Å². The summed E-state index contributed by atoms with van der Waals surface area (Å²) < 4.78 is 30.8. The number of rotatable bonds is 10. The summed E-state index contributed by atoms with van der Waals surface area (Å²) in [4.78, 5) is 0. The van der Waals surface area contributed by atoms with Crippen LogP contribution in [0, 0.1) is 0 Å². The molecular formula is C29H32O7. The summed E-state index contributed by atoms with van der Waals surface area (Å²) >= 11 is 0. The van der Waals surface area contributed by atoms with Crippen LogP contribution in [0.15, 0.2) is 91.0 Å². The van der Waals surface area contributed by atoms with Crippen LogP contribution in [0.25, 0.3) is 0 Å². The number of aliphatic hydroxyl groups is 2. The zero-order valence-corrected chi connectivity index (χ0v) is 20.0. The van der Waals surface area contributed by atoms with E-state index in [1.54, 1.807) is 0 Å². The van der Waals surface area contributed by atoms with E-state index in [0.717, 1.165) is 16.7 Å². The minimum atomic E-state index is -1.29. The average Bonchev–Trinajstić information content (AvgIpc) is 3.09. The monoisotopic (exact) mass is 492 g/mol. The van der Waals surface area contributed by atoms with Crippen LogP contribution in [0.3, 0.4) is 0 Å². The summed E-state index contributed by atoms with van der Waals surface area (Å²) in [5.41, 5.74) is 1.61. The molecule has 0 spiro atoms. The third kappa shape index (κ3) is 5.53. The van der Waals surface area contributed by atoms with Crippen LogP contribution in [0.4, 0.5) is 0 Å². The van der Waals surface area contributed by atoms with Crippen LogP contribution in [0.5, 0.6) is 0 Å². The molecule has 2 aliphatic rings. The Balaban J connectivity index is 1.41. The van der Waals surface area contributed by atoms with Gasteiger partial charge in [-0.05, 0) is 16.7 Å². The molecule has 3 aromatic rings. The highest BCUT2D eigenvalue weighted by atomic mass is 16.7. The van der Waals surface area contributed by atoms with Crippen LogP contribution >= 0.6 is 0 Å². The van der Waals surface area contributed by atoms with Crippen LogP contribution in [0.2, 0.25) is 0 Å². The average molecular weight is 493 g/mol. The van der Waals surface area contributed by atoms with Crippen molar-refractivity contribution >= 4 is 0 Å². The van der Waals surface area contributed by atoms with E-state index in [-0.39, 0.29) is 26.4 Å². The molecule has 36 heavy (non-hydrogen) atoms. The molecule has 0 aromatic heterocycles. The molecule has 7 nitrogen and oxygen atoms in total. The van der Waals surface area contributed by atoms with E-state index in [1.807, 2.05) is 91.0 Å². The highest BCUT2D eigenvalue weighted by molar-refractivity contribution is 5.17. The molecule has 2 aliphatic heterocycles. The van der Waals surface area contributed by atoms with Gasteiger partial charge in [0.25, 0.3) is 0 Å². The highest BCUT2D eigenvalue weighted by Gasteiger charge is 2.64. The number of fused-ring (bicyclic) bond motifs is 2. The van der Waals surface area contributed by atoms with Gasteiger partial charge in [0.05, 0.1) is 33.0 Å². The van der Waals surface area contributed by atoms with Crippen LogP contribution in [-0.2, 0) is 43.5 Å². The molecule has 190 valence electrons. The lowest BCUT2D eigenvalue weighted by molar-refractivity contribution is -0.231. The summed E-state index contributed by atoms with van der Waals surface area (Å²) in [6.45, 7) is 0.835. The van der Waals surface area contributed by atoms with Gasteiger partial charge in [0.1, 0.15) is 24.4 Å². The number of hydrogen-bond donors (Lipinski definition) is 2. The van der Waals surface area contributed by atoms with Crippen molar-refractivity contribution in [3.8, 4) is 0 Å². The van der Waals surface area contributed by atoms with Gasteiger partial charge in [0, 0.05) is 0 Å². The molecule has 2 heterocycles. The van der Waals surface area contributed by atoms with E-state index < -0.39 is 36.3 Å². The zero-order chi connectivity index (χ0) is 24.8. The van der Waals surface area contributed by atoms with Gasteiger partial charge >= 0.3 is 0 Å². The normalized spacial score (nSPS) is 29.7. The smallest absolute Gasteiger partial charge is 0.187 e. The minimum absolute atomic E-state index is 0.0347. The molecule has 0 saturated carbocycles. The first-order valence-corrected chi connectivity index (χ1v) is 12.2. The van der Waals surface area contributed by atoms with Crippen molar-refractivity contribution in [2.24, 2.45) is 0 Å². The number of hydrogen-bond acceptors (Lipinski definition) is 7. The fraction of sp³-hybridized carbons (Fsp3) is 0.379. The molecular weight excluding hydrogens is 460 g/mol. The van der Waals surface area contributed by atoms with Crippen LogP contribution < -0.4 is 0 Å². The summed E-state index contributed by atoms with van der Waals surface area (Å²) in [6.07, 6.45) is -4.77. The molecule has 2 fully saturated rings. The first-order valence-electron chi connectivity index (χ1n) is 12.2. The first kappa shape index (κ1) is 25.0. The molecule has 2 N–H and O–H groups in total. The maximum atomic E-state index is 11.2. The Morgan fingerprint density at radius 3 is 1.75 bits per heavy atom. The second kappa shape index (κ2) is 11.6. The SMILES string of the molecule is O[C@H]1[C@H]2OC[C@@H](O)[C@H](OCc3ccccc3)[C@@](COCc3ccccc3)(O2)[C@@H]1OCc1ccccc1. The Kier molecular flexibility index (Phi) is 8.09. The van der Waals surface area contributed by atoms with Crippen molar-refractivity contribution < 1.29 is 33.9 Å². The van der Waals surface area contributed by atoms with Crippen molar-refractivity contribution in [3.63, 3.8) is 0 Å². The molecule has 2 saturated heterocycles. The van der Waals surface area contributed by atoms with Crippen molar-refractivity contribution in [2.45, 2.75) is 56.1 Å². The van der Waals surface area contributed by atoms with E-state index in [9.17, 15) is 10.2 Å². The molecule has 2 bridgehead atoms. The summed E-state index contributed by atoms with van der Waals surface area (Å²) in [5, 5.41) is 22.3. The fourth-order valence-electron chi connectivity index (χ4n) is 4.87. The standard InChI is InChI=1S/C29H32O7/c30-24-19-35-28-25(31)27(34-18-23-14-8-3-9-15-23)29(36-28,20-32-16-21-10-4-1-5-11-21)26(24)33-17-22-12-6-2-7-13-22/h1-15,24-28,30-31H,16-20H2/t24-,25-,26+,27-,28+,29-/m1/s1. The Hall–Kier alpha value is -2.62. The second-order valence-electron chi connectivity index (χ2n) is 9.25. The second-order valence-corrected chi connectivity index (χ2v) is 9.25. The minimum Gasteiger partial charge on any atom is -0.388 e. The van der Waals surface area contributed by atoms with Gasteiger partial charge < -0.3 is 33.9 Å². The summed E-state index contributed by atoms with van der Waals surface area (Å²) in [5.74, 6) is 0. The molecule has 0 unspecified atom stereocenters. The molecule has 3 aromatic carbocycles. The Morgan fingerprint density at radius 2 is 1.19 bits per heavy atom. The molecule has 0 radical (unpaired) electrons. The van der Waals surface area contributed by atoms with Crippen molar-refractivity contribution in [1.29, 1.82) is 0 Å². The summed E-state index contributed by atoms with van der Waals surface area (Å²) in [6, 6.07) is 29.2. The van der Waals surface area contributed by atoms with E-state index in [0.29, 0.717) is 6.61 Å². The van der Waals surface area contributed by atoms with Gasteiger partial charge in [-0.1, -0.05) is 91.0 Å². The zero-order valence-electron chi connectivity index (χ0n) is 20.0. The van der Waals surface area contributed by atoms with Crippen molar-refractivity contribution in [3.05, 3.63) is 108 Å². The lowest BCUT2D eigenvalue weighted by Gasteiger charge is -2.41. The maximum absolute atomic E-state index is 11.2. The van der Waals surface area contributed by atoms with Crippen molar-refractivity contribution in [1.82, 2.24) is 0 Å². The molecule has 7 heteroatoms. The van der Waals surface area contributed by atoms with Gasteiger partial charge in [-0.15, -0.1) is 0 Å². The van der Waals surface area contributed by atoms with Crippen LogP contribution in [0.1, 0.15) is 16.7 Å². The topological polar surface area (TPSA) is 86.6 Å². The number of benzene rings is 3.